The molecule has 3 saturated carbocycles. The Bertz CT molecular complexity index is 1030. The first-order valence-electron chi connectivity index (χ1n) is 12.1. The van der Waals surface area contributed by atoms with Crippen LogP contribution in [0.25, 0.3) is 0 Å². The number of fused-ring (bicyclic) bond motifs is 5. The van der Waals surface area contributed by atoms with Crippen molar-refractivity contribution in [3.05, 3.63) is 23.8 Å². The maximum atomic E-state index is 17.6. The van der Waals surface area contributed by atoms with E-state index in [-0.39, 0.29) is 31.3 Å². The maximum Gasteiger partial charge on any atom is 0.306 e. The van der Waals surface area contributed by atoms with Crippen molar-refractivity contribution in [3.63, 3.8) is 0 Å². The Labute approximate surface area is 207 Å². The molecule has 0 radical (unpaired) electrons. The van der Waals surface area contributed by atoms with Gasteiger partial charge in [0.15, 0.2) is 17.1 Å². The molecular formula is C26H33F3O5S. The van der Waals surface area contributed by atoms with Crippen LogP contribution in [0.5, 0.6) is 0 Å². The van der Waals surface area contributed by atoms with Crippen LogP contribution in [0.3, 0.4) is 0 Å². The molecule has 0 amide bonds. The monoisotopic (exact) mass is 514 g/mol. The molecule has 4 aliphatic carbocycles. The summed E-state index contributed by atoms with van der Waals surface area (Å²) in [5.74, 6) is -2.37. The van der Waals surface area contributed by atoms with Crippen LogP contribution in [0.4, 0.5) is 13.2 Å². The average molecular weight is 515 g/mol. The van der Waals surface area contributed by atoms with Gasteiger partial charge in [-0.2, -0.15) is 0 Å². The molecule has 3 fully saturated rings. The highest BCUT2D eigenvalue weighted by Gasteiger charge is 2.81. The van der Waals surface area contributed by atoms with Crippen molar-refractivity contribution in [3.8, 4) is 0 Å². The zero-order valence-electron chi connectivity index (χ0n) is 20.7. The van der Waals surface area contributed by atoms with Crippen LogP contribution in [0, 0.1) is 28.1 Å². The van der Waals surface area contributed by atoms with E-state index in [0.29, 0.717) is 11.8 Å². The van der Waals surface area contributed by atoms with E-state index in [4.69, 9.17) is 4.74 Å². The van der Waals surface area contributed by atoms with Gasteiger partial charge in [-0.1, -0.05) is 33.8 Å². The minimum absolute atomic E-state index is 0.00593. The van der Waals surface area contributed by atoms with E-state index in [1.165, 1.54) is 19.1 Å². The summed E-state index contributed by atoms with van der Waals surface area (Å²) < 4.78 is 52.6. The van der Waals surface area contributed by atoms with Gasteiger partial charge in [0.2, 0.25) is 5.12 Å². The van der Waals surface area contributed by atoms with Crippen LogP contribution < -0.4 is 0 Å². The molecule has 1 unspecified atom stereocenters. The normalized spacial score (nSPS) is 48.5. The predicted octanol–water partition coefficient (Wildman–Crippen LogP) is 4.82. The number of rotatable bonds is 4. The van der Waals surface area contributed by atoms with Crippen molar-refractivity contribution in [2.45, 2.75) is 83.8 Å². The second-order valence-corrected chi connectivity index (χ2v) is 12.1. The minimum atomic E-state index is -2.36. The Morgan fingerprint density at radius 2 is 1.89 bits per heavy atom. The first-order chi connectivity index (χ1) is 16.2. The number of ether oxygens (including phenoxy) is 1. The van der Waals surface area contributed by atoms with Crippen molar-refractivity contribution in [1.82, 2.24) is 0 Å². The topological polar surface area (TPSA) is 80.7 Å². The quantitative estimate of drug-likeness (QED) is 0.542. The number of carbonyl (C=O) groups excluding carboxylic acids is 3. The van der Waals surface area contributed by atoms with Gasteiger partial charge >= 0.3 is 5.97 Å². The summed E-state index contributed by atoms with van der Waals surface area (Å²) in [4.78, 5) is 38.0. The van der Waals surface area contributed by atoms with Gasteiger partial charge in [-0.25, -0.2) is 13.2 Å². The SMILES string of the molecule is CCC(=O)O[C@]1(C(=O)SCF)[C@H](C)C[C@@H]2[C@]1(C)C[C@H](O)[C@]1(F)C3(C)C=CC(=O)C=C3[C@@H](F)C[C@@]21C. The predicted molar refractivity (Wildman–Crippen MR) is 125 cm³/mol. The molecule has 9 heteroatoms. The lowest BCUT2D eigenvalue weighted by Crippen LogP contribution is -2.74. The molecule has 4 aliphatic rings. The summed E-state index contributed by atoms with van der Waals surface area (Å²) in [5, 5.41) is 10.9. The van der Waals surface area contributed by atoms with Gasteiger partial charge in [0, 0.05) is 28.6 Å². The third-order valence-corrected chi connectivity index (χ3v) is 10.5. The highest BCUT2D eigenvalue weighted by molar-refractivity contribution is 8.13. The summed E-state index contributed by atoms with van der Waals surface area (Å²) in [6.45, 7) is 8.06. The first-order valence-corrected chi connectivity index (χ1v) is 13.1. The molecule has 4 rings (SSSR count). The summed E-state index contributed by atoms with van der Waals surface area (Å²) in [7, 11) is 0. The van der Waals surface area contributed by atoms with Crippen molar-refractivity contribution >= 4 is 28.6 Å². The molecular weight excluding hydrogens is 481 g/mol. The zero-order chi connectivity index (χ0) is 26.2. The van der Waals surface area contributed by atoms with Crippen molar-refractivity contribution in [1.29, 1.82) is 0 Å². The second kappa shape index (κ2) is 8.20. The van der Waals surface area contributed by atoms with E-state index in [1.807, 2.05) is 0 Å². The smallest absolute Gasteiger partial charge is 0.306 e. The number of thioether (sulfide) groups is 1. The second-order valence-electron chi connectivity index (χ2n) is 11.3. The number of halogens is 3. The van der Waals surface area contributed by atoms with Crippen LogP contribution in [-0.2, 0) is 19.1 Å². The average Bonchev–Trinajstić information content (AvgIpc) is 3.01. The van der Waals surface area contributed by atoms with Gasteiger partial charge in [0.1, 0.15) is 12.2 Å². The van der Waals surface area contributed by atoms with E-state index in [0.717, 1.165) is 6.08 Å². The number of carbonyl (C=O) groups is 3. The number of allylic oxidation sites excluding steroid dienone is 4. The Morgan fingerprint density at radius 3 is 2.49 bits per heavy atom. The Hall–Kier alpha value is -1.61. The van der Waals surface area contributed by atoms with E-state index in [9.17, 15) is 23.9 Å². The highest BCUT2D eigenvalue weighted by atomic mass is 32.2. The third-order valence-electron chi connectivity index (χ3n) is 9.80. The van der Waals surface area contributed by atoms with E-state index in [2.05, 4.69) is 0 Å². The lowest BCUT2D eigenvalue weighted by atomic mass is 9.39. The van der Waals surface area contributed by atoms with Gasteiger partial charge < -0.3 is 9.84 Å². The summed E-state index contributed by atoms with van der Waals surface area (Å²) in [5.41, 5.74) is -8.49. The fraction of sp³-hybridized carbons (Fsp3) is 0.731. The number of aliphatic hydroxyl groups excluding tert-OH is 1. The Kier molecular flexibility index (Phi) is 6.20. The Morgan fingerprint density at radius 1 is 1.23 bits per heavy atom. The molecule has 35 heavy (non-hydrogen) atoms. The largest absolute Gasteiger partial charge is 0.449 e. The zero-order valence-corrected chi connectivity index (χ0v) is 21.5. The molecule has 0 aromatic rings. The highest BCUT2D eigenvalue weighted by Crippen LogP contribution is 2.76. The fourth-order valence-electron chi connectivity index (χ4n) is 8.29. The van der Waals surface area contributed by atoms with Crippen molar-refractivity contribution in [2.75, 3.05) is 6.01 Å². The van der Waals surface area contributed by atoms with Crippen LogP contribution in [0.2, 0.25) is 0 Å². The number of hydrogen-bond donors (Lipinski definition) is 1. The number of ketones is 1. The van der Waals surface area contributed by atoms with E-state index in [1.54, 1.807) is 27.7 Å². The molecule has 0 saturated heterocycles. The molecule has 0 aromatic carbocycles. The van der Waals surface area contributed by atoms with Crippen LogP contribution in [0.15, 0.2) is 23.8 Å². The molecule has 9 atom stereocenters. The van der Waals surface area contributed by atoms with Crippen molar-refractivity contribution < 1.29 is 37.4 Å². The fourth-order valence-corrected chi connectivity index (χ4v) is 9.08. The number of aliphatic hydroxyl groups is 1. The lowest BCUT2D eigenvalue weighted by Gasteiger charge is -2.68. The molecule has 0 bridgehead atoms. The van der Waals surface area contributed by atoms with Gasteiger partial charge in [0.25, 0.3) is 0 Å². The molecule has 0 aromatic heterocycles. The third kappa shape index (κ3) is 3.03. The maximum absolute atomic E-state index is 17.6. The van der Waals surface area contributed by atoms with Gasteiger partial charge in [-0.05, 0) is 61.6 Å². The molecule has 1 N–H and O–H groups in total. The summed E-state index contributed by atoms with van der Waals surface area (Å²) in [6, 6.07) is -1.03. The van der Waals surface area contributed by atoms with Crippen LogP contribution >= 0.6 is 11.8 Å². The van der Waals surface area contributed by atoms with E-state index >= 15 is 8.78 Å². The standard InChI is InChI=1S/C26H33F3O5S/c1-6-20(32)34-25(21(33)35-13-27)14(2)9-18-23(25,4)12-19(31)26(29)22(3)8-7-15(30)10-16(22)17(28)11-24(18,26)5/h7-8,10,14,17-19,31H,6,9,11-13H2,1-5H3/t14-,17+,18-,19+,22?,23+,24+,25+,26+/m1/s1. The minimum Gasteiger partial charge on any atom is -0.449 e. The van der Waals surface area contributed by atoms with Gasteiger partial charge in [0.05, 0.1) is 6.10 Å². The number of hydrogen-bond acceptors (Lipinski definition) is 6. The van der Waals surface area contributed by atoms with Crippen molar-refractivity contribution in [2.24, 2.45) is 28.1 Å². The number of alkyl halides is 3. The Balaban J connectivity index is 1.93. The summed E-state index contributed by atoms with van der Waals surface area (Å²) in [6.07, 6.45) is 0.0290. The molecule has 0 heterocycles. The van der Waals surface area contributed by atoms with Gasteiger partial charge in [-0.3, -0.25) is 14.4 Å². The molecule has 0 spiro atoms. The lowest BCUT2D eigenvalue weighted by molar-refractivity contribution is -0.262. The molecule has 194 valence electrons. The first kappa shape index (κ1) is 26.5. The molecule has 5 nitrogen and oxygen atoms in total. The van der Waals surface area contributed by atoms with Gasteiger partial charge in [-0.15, -0.1) is 0 Å². The molecule has 0 aliphatic heterocycles. The van der Waals surface area contributed by atoms with Crippen LogP contribution in [-0.4, -0.2) is 51.5 Å². The van der Waals surface area contributed by atoms with E-state index < -0.39 is 74.5 Å². The number of esters is 1. The summed E-state index contributed by atoms with van der Waals surface area (Å²) >= 11 is 0.395. The van der Waals surface area contributed by atoms with Crippen LogP contribution in [0.1, 0.15) is 60.3 Å².